The summed E-state index contributed by atoms with van der Waals surface area (Å²) >= 11 is 2.37. The molecule has 1 atom stereocenters. The number of hydrogen-bond donors (Lipinski definition) is 3. The number of H-pyrrole nitrogens is 1. The molecule has 2 amide bonds. The zero-order chi connectivity index (χ0) is 19.7. The molecule has 0 bridgehead atoms. The summed E-state index contributed by atoms with van der Waals surface area (Å²) in [4.78, 5) is 27.0. The molecule has 0 aliphatic carbocycles. The van der Waals surface area contributed by atoms with Crippen molar-refractivity contribution in [2.24, 2.45) is 5.73 Å². The molecular weight excluding hydrogens is 398 g/mol. The number of amides is 2. The lowest BCUT2D eigenvalue weighted by molar-refractivity contribution is -0.115. The van der Waals surface area contributed by atoms with Crippen LogP contribution in [-0.4, -0.2) is 32.2 Å². The van der Waals surface area contributed by atoms with Crippen molar-refractivity contribution in [1.82, 2.24) is 15.2 Å². The largest absolute Gasteiger partial charge is 0.411 e. The summed E-state index contributed by atoms with van der Waals surface area (Å²) in [6, 6.07) is 9.37. The SMILES string of the molecule is C[C@H](Sc1nnc(-c2c[nH]c3ccccc23)o1)C(=O)Nc1sccc1C(N)=O. The molecular formula is C18H15N5O3S2. The molecule has 0 fully saturated rings. The van der Waals surface area contributed by atoms with Crippen LogP contribution in [0.4, 0.5) is 5.00 Å². The predicted octanol–water partition coefficient (Wildman–Crippen LogP) is 3.50. The summed E-state index contributed by atoms with van der Waals surface area (Å²) in [6.07, 6.45) is 1.81. The van der Waals surface area contributed by atoms with Gasteiger partial charge in [0.05, 0.1) is 16.4 Å². The van der Waals surface area contributed by atoms with Crippen molar-refractivity contribution in [3.8, 4) is 11.5 Å². The summed E-state index contributed by atoms with van der Waals surface area (Å²) in [5, 5.41) is 13.7. The van der Waals surface area contributed by atoms with Crippen LogP contribution in [0.2, 0.25) is 0 Å². The van der Waals surface area contributed by atoms with Crippen LogP contribution >= 0.6 is 23.1 Å². The number of thiophene rings is 1. The lowest BCUT2D eigenvalue weighted by Gasteiger charge is -2.09. The number of rotatable bonds is 6. The summed E-state index contributed by atoms with van der Waals surface area (Å²) in [6.45, 7) is 1.72. The zero-order valence-corrected chi connectivity index (χ0v) is 16.3. The second kappa shape index (κ2) is 7.49. The van der Waals surface area contributed by atoms with Crippen LogP contribution < -0.4 is 11.1 Å². The van der Waals surface area contributed by atoms with E-state index in [1.165, 1.54) is 11.3 Å². The Balaban J connectivity index is 1.47. The van der Waals surface area contributed by atoms with Gasteiger partial charge in [-0.25, -0.2) is 0 Å². The van der Waals surface area contributed by atoms with Crippen LogP contribution in [-0.2, 0) is 4.79 Å². The first-order valence-electron chi connectivity index (χ1n) is 8.27. The Hall–Kier alpha value is -3.11. The fourth-order valence-corrected chi connectivity index (χ4v) is 4.11. The summed E-state index contributed by atoms with van der Waals surface area (Å²) in [7, 11) is 0. The molecule has 0 aliphatic heterocycles. The van der Waals surface area contributed by atoms with E-state index in [0.717, 1.165) is 28.2 Å². The van der Waals surface area contributed by atoms with Crippen LogP contribution in [0.25, 0.3) is 22.4 Å². The van der Waals surface area contributed by atoms with Gasteiger partial charge in [-0.15, -0.1) is 21.5 Å². The highest BCUT2D eigenvalue weighted by molar-refractivity contribution is 8.00. The van der Waals surface area contributed by atoms with Crippen molar-refractivity contribution in [3.63, 3.8) is 0 Å². The minimum atomic E-state index is -0.586. The van der Waals surface area contributed by atoms with E-state index in [9.17, 15) is 9.59 Å². The number of nitrogens with zero attached hydrogens (tertiary/aromatic N) is 2. The number of nitrogens with one attached hydrogen (secondary N) is 2. The van der Waals surface area contributed by atoms with Gasteiger partial charge in [0.15, 0.2) is 0 Å². The van der Waals surface area contributed by atoms with E-state index < -0.39 is 11.2 Å². The van der Waals surface area contributed by atoms with Gasteiger partial charge in [0.1, 0.15) is 5.00 Å². The molecule has 10 heteroatoms. The molecule has 28 heavy (non-hydrogen) atoms. The number of benzene rings is 1. The molecule has 4 aromatic rings. The van der Waals surface area contributed by atoms with Gasteiger partial charge >= 0.3 is 0 Å². The van der Waals surface area contributed by atoms with E-state index in [2.05, 4.69) is 20.5 Å². The van der Waals surface area contributed by atoms with Gasteiger partial charge < -0.3 is 20.5 Å². The summed E-state index contributed by atoms with van der Waals surface area (Å²) in [5.41, 5.74) is 7.36. The highest BCUT2D eigenvalue weighted by atomic mass is 32.2. The first kappa shape index (κ1) is 18.3. The maximum Gasteiger partial charge on any atom is 0.277 e. The third kappa shape index (κ3) is 3.51. The monoisotopic (exact) mass is 413 g/mol. The van der Waals surface area contributed by atoms with E-state index in [1.54, 1.807) is 18.4 Å². The highest BCUT2D eigenvalue weighted by Gasteiger charge is 2.21. The molecule has 0 saturated heterocycles. The normalized spacial score (nSPS) is 12.2. The number of fused-ring (bicyclic) bond motifs is 1. The molecule has 1 aromatic carbocycles. The fraction of sp³-hybridized carbons (Fsp3) is 0.111. The number of carbonyl (C=O) groups is 2. The van der Waals surface area contributed by atoms with E-state index in [0.29, 0.717) is 10.9 Å². The van der Waals surface area contributed by atoms with Crippen molar-refractivity contribution in [1.29, 1.82) is 0 Å². The Morgan fingerprint density at radius 3 is 2.93 bits per heavy atom. The minimum Gasteiger partial charge on any atom is -0.411 e. The van der Waals surface area contributed by atoms with Gasteiger partial charge in [-0.1, -0.05) is 30.0 Å². The van der Waals surface area contributed by atoms with Crippen LogP contribution in [0.5, 0.6) is 0 Å². The number of carbonyl (C=O) groups excluding carboxylic acids is 2. The third-order valence-electron chi connectivity index (χ3n) is 4.04. The molecule has 0 unspecified atom stereocenters. The Kier molecular flexibility index (Phi) is 4.88. The van der Waals surface area contributed by atoms with Gasteiger partial charge in [-0.05, 0) is 24.4 Å². The fourth-order valence-electron chi connectivity index (χ4n) is 2.63. The lowest BCUT2D eigenvalue weighted by atomic mass is 10.2. The van der Waals surface area contributed by atoms with Crippen LogP contribution in [0.3, 0.4) is 0 Å². The quantitative estimate of drug-likeness (QED) is 0.415. The van der Waals surface area contributed by atoms with Gasteiger partial charge in [-0.2, -0.15) is 0 Å². The summed E-state index contributed by atoms with van der Waals surface area (Å²) in [5.74, 6) is -0.499. The Bertz CT molecular complexity index is 1160. The van der Waals surface area contributed by atoms with Crippen molar-refractivity contribution in [2.45, 2.75) is 17.4 Å². The molecule has 0 radical (unpaired) electrons. The molecule has 142 valence electrons. The second-order valence-corrected chi connectivity index (χ2v) is 8.11. The van der Waals surface area contributed by atoms with Gasteiger partial charge in [0.2, 0.25) is 5.91 Å². The average molecular weight is 413 g/mol. The first-order chi connectivity index (χ1) is 13.5. The molecule has 4 N–H and O–H groups in total. The first-order valence-corrected chi connectivity index (χ1v) is 10.0. The van der Waals surface area contributed by atoms with E-state index in [-0.39, 0.29) is 16.7 Å². The molecule has 8 nitrogen and oxygen atoms in total. The Morgan fingerprint density at radius 2 is 2.11 bits per heavy atom. The zero-order valence-electron chi connectivity index (χ0n) is 14.6. The Labute approximate surface area is 167 Å². The standard InChI is InChI=1S/C18H15N5O3S2/c1-9(15(25)21-17-11(14(19)24)6-7-27-17)28-18-23-22-16(26-18)12-8-20-13-5-3-2-4-10(12)13/h2-9,20H,1H3,(H2,19,24)(H,21,25)/t9-/m0/s1. The number of aromatic nitrogens is 3. The number of primary amides is 1. The third-order valence-corrected chi connectivity index (χ3v) is 5.80. The molecule has 0 spiro atoms. The van der Waals surface area contributed by atoms with E-state index in [1.807, 2.05) is 30.5 Å². The van der Waals surface area contributed by atoms with Crippen molar-refractivity contribution < 1.29 is 14.0 Å². The molecule has 0 saturated carbocycles. The molecule has 0 aliphatic rings. The molecule has 3 heterocycles. The second-order valence-electron chi connectivity index (χ2n) is 5.90. The Morgan fingerprint density at radius 1 is 1.29 bits per heavy atom. The van der Waals surface area contributed by atoms with Crippen LogP contribution in [0, 0.1) is 0 Å². The van der Waals surface area contributed by atoms with Crippen LogP contribution in [0.15, 0.2) is 51.5 Å². The number of nitrogens with two attached hydrogens (primary N) is 1. The lowest BCUT2D eigenvalue weighted by Crippen LogP contribution is -2.23. The molecule has 3 aromatic heterocycles. The number of hydrogen-bond acceptors (Lipinski definition) is 7. The average Bonchev–Trinajstić information content (AvgIpc) is 3.40. The van der Waals surface area contributed by atoms with E-state index >= 15 is 0 Å². The van der Waals surface area contributed by atoms with E-state index in [4.69, 9.17) is 10.2 Å². The van der Waals surface area contributed by atoms with Gasteiger partial charge in [-0.3, -0.25) is 9.59 Å². The smallest absolute Gasteiger partial charge is 0.277 e. The van der Waals surface area contributed by atoms with Gasteiger partial charge in [0.25, 0.3) is 17.0 Å². The maximum atomic E-state index is 12.4. The molecule has 4 rings (SSSR count). The number of para-hydroxylation sites is 1. The van der Waals surface area contributed by atoms with Crippen molar-refractivity contribution >= 4 is 50.8 Å². The number of aromatic amines is 1. The van der Waals surface area contributed by atoms with Crippen LogP contribution in [0.1, 0.15) is 17.3 Å². The predicted molar refractivity (Wildman–Crippen MR) is 108 cm³/mol. The minimum absolute atomic E-state index is 0.282. The van der Waals surface area contributed by atoms with Crippen molar-refractivity contribution in [2.75, 3.05) is 5.32 Å². The number of thioether (sulfide) groups is 1. The number of anilines is 1. The maximum absolute atomic E-state index is 12.4. The summed E-state index contributed by atoms with van der Waals surface area (Å²) < 4.78 is 5.72. The topological polar surface area (TPSA) is 127 Å². The highest BCUT2D eigenvalue weighted by Crippen LogP contribution is 2.31. The van der Waals surface area contributed by atoms with Crippen molar-refractivity contribution in [3.05, 3.63) is 47.5 Å². The van der Waals surface area contributed by atoms with Gasteiger partial charge in [0, 0.05) is 17.1 Å².